The van der Waals surface area contributed by atoms with Gasteiger partial charge in [-0.25, -0.2) is 8.42 Å². The molecule has 3 N–H and O–H groups in total. The average molecular weight is 613 g/mol. The number of hydrogen-bond donors (Lipinski definition) is 2. The van der Waals surface area contributed by atoms with Gasteiger partial charge in [0.25, 0.3) is 0 Å². The molecule has 0 aromatic heterocycles. The third kappa shape index (κ3) is 11.0. The smallest absolute Gasteiger partial charge is 0.367 e. The molecule has 0 fully saturated rings. The maximum atomic E-state index is 13.9. The standard InChI is InChI=1S/C27H43BN2O9PS/c1-6-38-40(32,39-7-2)20-36-27-16-23(13-14-26(27)35-5)41(33,34)30(17-21(3)4)18-25(31)24(28-37-19-29)15-22-11-9-8-10-12-22/h8-14,16,21,24-25,31H,6-7,15,17-20,29H2,1-5H3/t24-,25+/m0/s1. The fourth-order valence-electron chi connectivity index (χ4n) is 4.10. The van der Waals surface area contributed by atoms with Gasteiger partial charge in [0.1, 0.15) is 0 Å². The highest BCUT2D eigenvalue weighted by molar-refractivity contribution is 7.89. The van der Waals surface area contributed by atoms with E-state index in [-0.39, 0.29) is 55.3 Å². The first-order valence-corrected chi connectivity index (χ1v) is 16.7. The number of nitrogens with zero attached hydrogens (tertiary/aromatic N) is 1. The Hall–Kier alpha value is -1.96. The summed E-state index contributed by atoms with van der Waals surface area (Å²) in [6.45, 7) is 7.34. The van der Waals surface area contributed by atoms with Gasteiger partial charge in [-0.15, -0.1) is 0 Å². The second-order valence-corrected chi connectivity index (χ2v) is 13.6. The number of methoxy groups -OCH3 is 1. The number of sulfonamides is 1. The maximum absolute atomic E-state index is 13.9. The molecule has 0 heterocycles. The summed E-state index contributed by atoms with van der Waals surface area (Å²) in [4.78, 5) is -0.0781. The molecule has 41 heavy (non-hydrogen) atoms. The highest BCUT2D eigenvalue weighted by Crippen LogP contribution is 2.48. The number of aliphatic hydroxyl groups is 1. The van der Waals surface area contributed by atoms with Crippen molar-refractivity contribution in [1.82, 2.24) is 4.31 Å². The fraction of sp³-hybridized carbons (Fsp3) is 0.556. The zero-order chi connectivity index (χ0) is 30.5. The van der Waals surface area contributed by atoms with Crippen molar-refractivity contribution in [1.29, 1.82) is 0 Å². The summed E-state index contributed by atoms with van der Waals surface area (Å²) in [6.07, 6.45) is -1.09. The molecule has 2 atom stereocenters. The van der Waals surface area contributed by atoms with Gasteiger partial charge in [0.2, 0.25) is 10.0 Å². The van der Waals surface area contributed by atoms with Crippen LogP contribution in [-0.4, -0.2) is 77.9 Å². The van der Waals surface area contributed by atoms with Gasteiger partial charge in [-0.2, -0.15) is 4.31 Å². The van der Waals surface area contributed by atoms with Gasteiger partial charge in [-0.3, -0.25) is 4.57 Å². The minimum absolute atomic E-state index is 0.0361. The highest BCUT2D eigenvalue weighted by atomic mass is 32.2. The van der Waals surface area contributed by atoms with Crippen LogP contribution in [0.3, 0.4) is 0 Å². The molecule has 0 bridgehead atoms. The summed E-state index contributed by atoms with van der Waals surface area (Å²) < 4.78 is 68.9. The Morgan fingerprint density at radius 1 is 1.02 bits per heavy atom. The van der Waals surface area contributed by atoms with E-state index in [0.29, 0.717) is 6.42 Å². The molecule has 0 aliphatic heterocycles. The normalized spacial score (nSPS) is 13.8. The average Bonchev–Trinajstić information content (AvgIpc) is 2.94. The van der Waals surface area contributed by atoms with Gasteiger partial charge in [0, 0.05) is 19.2 Å². The van der Waals surface area contributed by atoms with E-state index in [1.54, 1.807) is 13.8 Å². The molecule has 0 unspecified atom stereocenters. The van der Waals surface area contributed by atoms with E-state index in [2.05, 4.69) is 0 Å². The van der Waals surface area contributed by atoms with Gasteiger partial charge in [-0.1, -0.05) is 44.2 Å². The Bertz CT molecular complexity index is 1190. The Kier molecular flexibility index (Phi) is 14.8. The number of rotatable bonds is 20. The SMILES string of the molecule is CCOP(=O)(COc1cc(S(=O)(=O)N(CC(C)C)C[C@@H](O)[C@@H]([B]OCN)Cc2ccccc2)ccc1OC)OCC. The van der Waals surface area contributed by atoms with E-state index >= 15 is 0 Å². The van der Waals surface area contributed by atoms with Crippen molar-refractivity contribution in [3.05, 3.63) is 54.1 Å². The predicted molar refractivity (Wildman–Crippen MR) is 159 cm³/mol. The molecule has 0 aliphatic carbocycles. The van der Waals surface area contributed by atoms with Crippen LogP contribution >= 0.6 is 7.60 Å². The summed E-state index contributed by atoms with van der Waals surface area (Å²) in [7, 11) is -4.81. The summed E-state index contributed by atoms with van der Waals surface area (Å²) in [5.41, 5.74) is 6.47. The third-order valence-corrected chi connectivity index (χ3v) is 9.51. The number of nitrogens with two attached hydrogens (primary N) is 1. The van der Waals surface area contributed by atoms with Crippen molar-refractivity contribution in [3.63, 3.8) is 0 Å². The monoisotopic (exact) mass is 613 g/mol. The largest absolute Gasteiger partial charge is 0.493 e. The Balaban J connectivity index is 2.36. The van der Waals surface area contributed by atoms with E-state index < -0.39 is 35.9 Å². The van der Waals surface area contributed by atoms with Gasteiger partial charge in [-0.05, 0) is 49.7 Å². The van der Waals surface area contributed by atoms with Gasteiger partial charge in [0.05, 0.1) is 38.1 Å². The summed E-state index contributed by atoms with van der Waals surface area (Å²) in [6, 6.07) is 13.7. The highest BCUT2D eigenvalue weighted by Gasteiger charge is 2.32. The van der Waals surface area contributed by atoms with Gasteiger partial charge in [0.15, 0.2) is 17.8 Å². The lowest BCUT2D eigenvalue weighted by atomic mass is 9.72. The van der Waals surface area contributed by atoms with Crippen LogP contribution in [0.2, 0.25) is 5.82 Å². The molecule has 2 aromatic carbocycles. The summed E-state index contributed by atoms with van der Waals surface area (Å²) in [5, 5.41) is 11.2. The summed E-state index contributed by atoms with van der Waals surface area (Å²) >= 11 is 0. The van der Waals surface area contributed by atoms with Crippen LogP contribution in [0.4, 0.5) is 0 Å². The zero-order valence-electron chi connectivity index (χ0n) is 24.5. The maximum Gasteiger partial charge on any atom is 0.367 e. The minimum atomic E-state index is -4.11. The second kappa shape index (κ2) is 17.2. The number of aliphatic hydroxyl groups excluding tert-OH is 1. The molecule has 14 heteroatoms. The van der Waals surface area contributed by atoms with Crippen LogP contribution < -0.4 is 15.2 Å². The van der Waals surface area contributed by atoms with E-state index in [4.69, 9.17) is 28.9 Å². The molecule has 0 aliphatic rings. The molecule has 0 spiro atoms. The van der Waals surface area contributed by atoms with E-state index in [9.17, 15) is 18.1 Å². The lowest BCUT2D eigenvalue weighted by molar-refractivity contribution is 0.128. The van der Waals surface area contributed by atoms with Crippen LogP contribution in [0.1, 0.15) is 33.3 Å². The van der Waals surface area contributed by atoms with Crippen molar-refractivity contribution in [2.24, 2.45) is 11.7 Å². The number of benzene rings is 2. The first-order valence-electron chi connectivity index (χ1n) is 13.6. The fourth-order valence-corrected chi connectivity index (χ4v) is 7.04. The predicted octanol–water partition coefficient (Wildman–Crippen LogP) is 3.89. The van der Waals surface area contributed by atoms with Gasteiger partial charge < -0.3 is 34.0 Å². The molecule has 0 amide bonds. The molecule has 11 nitrogen and oxygen atoms in total. The van der Waals surface area contributed by atoms with Crippen LogP contribution in [-0.2, 0) is 34.7 Å². The van der Waals surface area contributed by atoms with E-state index in [1.165, 1.54) is 37.1 Å². The molecular weight excluding hydrogens is 570 g/mol. The van der Waals surface area contributed by atoms with Crippen molar-refractivity contribution < 1.29 is 41.3 Å². The number of hydrogen-bond acceptors (Lipinski definition) is 10. The Labute approximate surface area is 245 Å². The molecular formula is C27H43BN2O9PS. The first-order chi connectivity index (χ1) is 19.5. The van der Waals surface area contributed by atoms with Crippen LogP contribution in [0.25, 0.3) is 0 Å². The quantitative estimate of drug-likeness (QED) is 0.128. The lowest BCUT2D eigenvalue weighted by Gasteiger charge is -2.30. The molecule has 229 valence electrons. The van der Waals surface area contributed by atoms with Gasteiger partial charge >= 0.3 is 15.1 Å². The van der Waals surface area contributed by atoms with Crippen LogP contribution in [0.5, 0.6) is 11.5 Å². The Morgan fingerprint density at radius 2 is 1.68 bits per heavy atom. The van der Waals surface area contributed by atoms with Crippen molar-refractivity contribution in [3.8, 4) is 11.5 Å². The van der Waals surface area contributed by atoms with Crippen LogP contribution in [0, 0.1) is 5.92 Å². The topological polar surface area (TPSA) is 147 Å². The minimum Gasteiger partial charge on any atom is -0.493 e. The van der Waals surface area contributed by atoms with Crippen molar-refractivity contribution in [2.45, 2.75) is 50.9 Å². The Morgan fingerprint density at radius 3 is 2.24 bits per heavy atom. The molecule has 1 radical (unpaired) electrons. The summed E-state index contributed by atoms with van der Waals surface area (Å²) in [5.74, 6) is -0.252. The second-order valence-electron chi connectivity index (χ2n) is 9.64. The van der Waals surface area contributed by atoms with Crippen LogP contribution in [0.15, 0.2) is 53.4 Å². The zero-order valence-corrected chi connectivity index (χ0v) is 26.2. The lowest BCUT2D eigenvalue weighted by Crippen LogP contribution is -2.42. The van der Waals surface area contributed by atoms with E-state index in [0.717, 1.165) is 5.56 Å². The third-order valence-electron chi connectivity index (χ3n) is 5.94. The molecule has 0 saturated carbocycles. The van der Waals surface area contributed by atoms with E-state index in [1.807, 2.05) is 44.2 Å². The number of ether oxygens (including phenoxy) is 2. The first kappa shape index (κ1) is 35.2. The van der Waals surface area contributed by atoms with Crippen molar-refractivity contribution in [2.75, 3.05) is 46.5 Å². The molecule has 2 rings (SSSR count). The van der Waals surface area contributed by atoms with Crippen molar-refractivity contribution >= 4 is 25.1 Å². The molecule has 0 saturated heterocycles. The molecule has 2 aromatic rings.